The zero-order chi connectivity index (χ0) is 22.1. The molecule has 0 spiro atoms. The molecule has 0 N–H and O–H groups in total. The predicted octanol–water partition coefficient (Wildman–Crippen LogP) is 4.47. The summed E-state index contributed by atoms with van der Waals surface area (Å²) < 4.78 is 40.3. The molecule has 2 aromatic rings. The van der Waals surface area contributed by atoms with Crippen molar-refractivity contribution in [2.75, 3.05) is 31.1 Å². The second-order valence-electron chi connectivity index (χ2n) is 7.28. The van der Waals surface area contributed by atoms with E-state index in [4.69, 9.17) is 23.2 Å². The van der Waals surface area contributed by atoms with Gasteiger partial charge in [0.05, 0.1) is 23.3 Å². The summed E-state index contributed by atoms with van der Waals surface area (Å²) in [6, 6.07) is 5.35. The van der Waals surface area contributed by atoms with Gasteiger partial charge in [0.25, 0.3) is 0 Å². The van der Waals surface area contributed by atoms with Crippen LogP contribution in [0.3, 0.4) is 0 Å². The van der Waals surface area contributed by atoms with Crippen molar-refractivity contribution in [1.29, 1.82) is 0 Å². The van der Waals surface area contributed by atoms with Crippen molar-refractivity contribution >= 4 is 35.2 Å². The van der Waals surface area contributed by atoms with Crippen LogP contribution in [0, 0.1) is 6.92 Å². The van der Waals surface area contributed by atoms with Gasteiger partial charge in [-0.05, 0) is 37.1 Å². The standard InChI is InChI=1S/C20H23Cl2F3N4O/c1-3-14-10-15(4-5-17(14)21)27-6-8-28(9-7-27)16(12-30)11-29-13(2)18(22)19(26-29)20(23,24)25/h4-5,10,12,16H,3,6-9,11H2,1-2H3. The van der Waals surface area contributed by atoms with E-state index in [1.807, 2.05) is 24.0 Å². The van der Waals surface area contributed by atoms with E-state index in [1.54, 1.807) is 0 Å². The lowest BCUT2D eigenvalue weighted by molar-refractivity contribution is -0.141. The van der Waals surface area contributed by atoms with E-state index >= 15 is 0 Å². The van der Waals surface area contributed by atoms with E-state index in [-0.39, 0.29) is 12.2 Å². The van der Waals surface area contributed by atoms with E-state index in [1.165, 1.54) is 11.6 Å². The third-order valence-corrected chi connectivity index (χ3v) is 6.30. The van der Waals surface area contributed by atoms with Gasteiger partial charge >= 0.3 is 6.18 Å². The minimum atomic E-state index is -4.63. The molecule has 1 aliphatic heterocycles. The quantitative estimate of drug-likeness (QED) is 0.593. The van der Waals surface area contributed by atoms with Crippen molar-refractivity contribution in [1.82, 2.24) is 14.7 Å². The maximum atomic E-state index is 13.0. The lowest BCUT2D eigenvalue weighted by Crippen LogP contribution is -2.52. The number of aldehydes is 1. The molecular weight excluding hydrogens is 440 g/mol. The van der Waals surface area contributed by atoms with Crippen LogP contribution >= 0.6 is 23.2 Å². The fourth-order valence-corrected chi connectivity index (χ4v) is 4.14. The van der Waals surface area contributed by atoms with Crippen LogP contribution in [-0.4, -0.2) is 53.2 Å². The smallest absolute Gasteiger partial charge is 0.369 e. The molecule has 1 atom stereocenters. The van der Waals surface area contributed by atoms with Crippen LogP contribution in [0.4, 0.5) is 18.9 Å². The van der Waals surface area contributed by atoms with Crippen molar-refractivity contribution in [2.24, 2.45) is 0 Å². The molecule has 0 radical (unpaired) electrons. The van der Waals surface area contributed by atoms with Crippen molar-refractivity contribution in [3.05, 3.63) is 45.2 Å². The summed E-state index contributed by atoms with van der Waals surface area (Å²) in [4.78, 5) is 15.9. The van der Waals surface area contributed by atoms with Crippen molar-refractivity contribution in [3.63, 3.8) is 0 Å². The molecule has 1 aromatic heterocycles. The molecule has 3 rings (SSSR count). The van der Waals surface area contributed by atoms with E-state index in [2.05, 4.69) is 16.1 Å². The Kier molecular flexibility index (Phi) is 6.99. The number of piperazine rings is 1. The number of carbonyl (C=O) groups is 1. The number of nitrogens with zero attached hydrogens (tertiary/aromatic N) is 4. The number of hydrogen-bond donors (Lipinski definition) is 0. The first-order valence-corrected chi connectivity index (χ1v) is 10.4. The van der Waals surface area contributed by atoms with Gasteiger partial charge in [0.2, 0.25) is 0 Å². The first-order valence-electron chi connectivity index (χ1n) is 9.68. The molecule has 0 bridgehead atoms. The van der Waals surface area contributed by atoms with E-state index in [9.17, 15) is 18.0 Å². The molecule has 1 aromatic carbocycles. The minimum Gasteiger partial charge on any atom is -0.369 e. The number of rotatable bonds is 6. The molecular formula is C20H23Cl2F3N4O. The van der Waals surface area contributed by atoms with Gasteiger partial charge in [0, 0.05) is 36.9 Å². The van der Waals surface area contributed by atoms with Gasteiger partial charge < -0.3 is 9.69 Å². The summed E-state index contributed by atoms with van der Waals surface area (Å²) in [6.07, 6.45) is -3.04. The van der Waals surface area contributed by atoms with Crippen LogP contribution in [0.2, 0.25) is 10.0 Å². The highest BCUT2D eigenvalue weighted by Crippen LogP contribution is 2.35. The number of alkyl halides is 3. The number of aromatic nitrogens is 2. The van der Waals surface area contributed by atoms with Gasteiger partial charge in [-0.3, -0.25) is 9.58 Å². The van der Waals surface area contributed by atoms with Gasteiger partial charge in [-0.2, -0.15) is 18.3 Å². The van der Waals surface area contributed by atoms with Crippen molar-refractivity contribution in [2.45, 2.75) is 39.0 Å². The Hall–Kier alpha value is -1.77. The molecule has 1 aliphatic rings. The Morgan fingerprint density at radius 2 is 1.87 bits per heavy atom. The molecule has 1 saturated heterocycles. The van der Waals surface area contributed by atoms with E-state index in [0.717, 1.165) is 29.0 Å². The maximum Gasteiger partial charge on any atom is 0.436 e. The van der Waals surface area contributed by atoms with Crippen molar-refractivity contribution in [3.8, 4) is 0 Å². The third-order valence-electron chi connectivity index (χ3n) is 5.48. The molecule has 164 valence electrons. The number of halogens is 5. The fraction of sp³-hybridized carbons (Fsp3) is 0.500. The number of hydrogen-bond acceptors (Lipinski definition) is 4. The first kappa shape index (κ1) is 22.9. The topological polar surface area (TPSA) is 41.4 Å². The maximum absolute atomic E-state index is 13.0. The Balaban J connectivity index is 1.68. The fourth-order valence-electron chi connectivity index (χ4n) is 3.65. The number of benzene rings is 1. The minimum absolute atomic E-state index is 0.0199. The molecule has 0 aliphatic carbocycles. The van der Waals surface area contributed by atoms with Crippen LogP contribution in [0.15, 0.2) is 18.2 Å². The zero-order valence-electron chi connectivity index (χ0n) is 16.7. The summed E-state index contributed by atoms with van der Waals surface area (Å²) in [5, 5.41) is 3.92. The first-order chi connectivity index (χ1) is 14.2. The average molecular weight is 463 g/mol. The third kappa shape index (κ3) is 4.76. The molecule has 5 nitrogen and oxygen atoms in total. The van der Waals surface area contributed by atoms with Crippen LogP contribution < -0.4 is 4.90 Å². The van der Waals surface area contributed by atoms with Crippen LogP contribution in [-0.2, 0) is 23.9 Å². The second kappa shape index (κ2) is 9.16. The molecule has 0 saturated carbocycles. The van der Waals surface area contributed by atoms with Gasteiger partial charge in [-0.1, -0.05) is 30.1 Å². The summed E-state index contributed by atoms with van der Waals surface area (Å²) in [5.74, 6) is 0. The Labute approximate surface area is 183 Å². The number of carbonyl (C=O) groups excluding carboxylic acids is 1. The highest BCUT2D eigenvalue weighted by molar-refractivity contribution is 6.32. The lowest BCUT2D eigenvalue weighted by Gasteiger charge is -2.38. The van der Waals surface area contributed by atoms with E-state index in [0.29, 0.717) is 26.2 Å². The SMILES string of the molecule is CCc1cc(N2CCN(C(C=O)Cn3nc(C(F)(F)F)c(Cl)c3C)CC2)ccc1Cl. The average Bonchev–Trinajstić information content (AvgIpc) is 3.01. The van der Waals surface area contributed by atoms with Gasteiger partial charge in [-0.25, -0.2) is 0 Å². The molecule has 30 heavy (non-hydrogen) atoms. The van der Waals surface area contributed by atoms with E-state index < -0.39 is 22.9 Å². The molecule has 0 amide bonds. The normalized spacial score (nSPS) is 16.7. The zero-order valence-corrected chi connectivity index (χ0v) is 18.2. The van der Waals surface area contributed by atoms with Gasteiger partial charge in [-0.15, -0.1) is 0 Å². The number of aryl methyl sites for hydroxylation is 1. The summed E-state index contributed by atoms with van der Waals surface area (Å²) in [6.45, 7) is 6.14. The molecule has 10 heteroatoms. The molecule has 1 fully saturated rings. The van der Waals surface area contributed by atoms with Crippen LogP contribution in [0.25, 0.3) is 0 Å². The lowest BCUT2D eigenvalue weighted by atomic mass is 10.1. The van der Waals surface area contributed by atoms with Crippen LogP contribution in [0.1, 0.15) is 23.9 Å². The van der Waals surface area contributed by atoms with Gasteiger partial charge in [0.15, 0.2) is 5.69 Å². The second-order valence-corrected chi connectivity index (χ2v) is 8.07. The molecule has 1 unspecified atom stereocenters. The highest BCUT2D eigenvalue weighted by Gasteiger charge is 2.38. The monoisotopic (exact) mass is 462 g/mol. The van der Waals surface area contributed by atoms with Crippen LogP contribution in [0.5, 0.6) is 0 Å². The Bertz CT molecular complexity index is 908. The Morgan fingerprint density at radius 3 is 2.40 bits per heavy atom. The highest BCUT2D eigenvalue weighted by atomic mass is 35.5. The number of anilines is 1. The molecule has 2 heterocycles. The van der Waals surface area contributed by atoms with Crippen molar-refractivity contribution < 1.29 is 18.0 Å². The summed E-state index contributed by atoms with van der Waals surface area (Å²) in [5.41, 5.74) is 1.23. The largest absolute Gasteiger partial charge is 0.436 e. The van der Waals surface area contributed by atoms with Gasteiger partial charge in [0.1, 0.15) is 6.29 Å². The summed E-state index contributed by atoms with van der Waals surface area (Å²) >= 11 is 12.0. The predicted molar refractivity (Wildman–Crippen MR) is 111 cm³/mol. The summed E-state index contributed by atoms with van der Waals surface area (Å²) in [7, 11) is 0. The Morgan fingerprint density at radius 1 is 1.20 bits per heavy atom.